The summed E-state index contributed by atoms with van der Waals surface area (Å²) in [7, 11) is 0. The van der Waals surface area contributed by atoms with Gasteiger partial charge in [0.15, 0.2) is 0 Å². The minimum atomic E-state index is -1.01. The summed E-state index contributed by atoms with van der Waals surface area (Å²) in [5.41, 5.74) is 0.369. The zero-order chi connectivity index (χ0) is 12.2. The van der Waals surface area contributed by atoms with E-state index in [1.807, 2.05) is 0 Å². The highest BCUT2D eigenvalue weighted by Crippen LogP contribution is 2.29. The number of nitrogens with one attached hydrogen (secondary N) is 1. The third kappa shape index (κ3) is 6.48. The monoisotopic (exact) mass is 264 g/mol. The summed E-state index contributed by atoms with van der Waals surface area (Å²) >= 11 is 0. The van der Waals surface area contributed by atoms with Gasteiger partial charge in [0.05, 0.1) is 6.54 Å². The second-order valence-corrected chi connectivity index (χ2v) is 5.11. The maximum absolute atomic E-state index is 11.4. The van der Waals surface area contributed by atoms with Crippen LogP contribution in [-0.4, -0.2) is 48.1 Å². The first-order valence-electron chi connectivity index (χ1n) is 5.60. The van der Waals surface area contributed by atoms with Crippen LogP contribution in [0.3, 0.4) is 0 Å². The van der Waals surface area contributed by atoms with Crippen molar-refractivity contribution in [1.82, 2.24) is 10.2 Å². The Balaban J connectivity index is 0.00000256. The molecule has 0 bridgehead atoms. The third-order valence-electron chi connectivity index (χ3n) is 3.01. The number of nitrogens with zero attached hydrogens (tertiary/aromatic N) is 1. The van der Waals surface area contributed by atoms with Gasteiger partial charge in [-0.2, -0.15) is 0 Å². The normalized spacial score (nSPS) is 19.2. The van der Waals surface area contributed by atoms with Gasteiger partial charge in [0.1, 0.15) is 6.54 Å². The van der Waals surface area contributed by atoms with Crippen molar-refractivity contribution in [3.05, 3.63) is 0 Å². The molecular weight excluding hydrogens is 244 g/mol. The summed E-state index contributed by atoms with van der Waals surface area (Å²) in [5, 5.41) is 10.8. The molecule has 1 heterocycles. The second kappa shape index (κ2) is 6.81. The minimum Gasteiger partial charge on any atom is -0.480 e. The van der Waals surface area contributed by atoms with Gasteiger partial charge in [0.25, 0.3) is 0 Å². The molecule has 0 atom stereocenters. The number of aliphatic carboxylic acids is 1. The van der Waals surface area contributed by atoms with E-state index in [-0.39, 0.29) is 24.9 Å². The smallest absolute Gasteiger partial charge is 0.322 e. The van der Waals surface area contributed by atoms with Crippen LogP contribution in [0.15, 0.2) is 0 Å². The van der Waals surface area contributed by atoms with Gasteiger partial charge in [-0.05, 0) is 31.3 Å². The highest BCUT2D eigenvalue weighted by molar-refractivity contribution is 5.85. The summed E-state index contributed by atoms with van der Waals surface area (Å²) in [4.78, 5) is 23.7. The van der Waals surface area contributed by atoms with Gasteiger partial charge in [-0.3, -0.25) is 14.5 Å². The van der Waals surface area contributed by atoms with Crippen molar-refractivity contribution in [2.45, 2.75) is 26.7 Å². The molecule has 0 aromatic carbocycles. The summed E-state index contributed by atoms with van der Waals surface area (Å²) in [6.45, 7) is 6.30. The van der Waals surface area contributed by atoms with Crippen LogP contribution in [0.1, 0.15) is 26.7 Å². The number of likely N-dealkylation sites (tertiary alicyclic amines) is 1. The van der Waals surface area contributed by atoms with Crippen molar-refractivity contribution in [3.63, 3.8) is 0 Å². The number of piperidine rings is 1. The lowest BCUT2D eigenvalue weighted by molar-refractivity contribution is -0.138. The van der Waals surface area contributed by atoms with E-state index in [1.165, 1.54) is 0 Å². The van der Waals surface area contributed by atoms with E-state index in [4.69, 9.17) is 5.11 Å². The predicted octanol–water partition coefficient (Wildman–Crippen LogP) is 0.731. The first kappa shape index (κ1) is 16.2. The Morgan fingerprint density at radius 3 is 2.29 bits per heavy atom. The van der Waals surface area contributed by atoms with E-state index in [9.17, 15) is 9.59 Å². The molecule has 1 rings (SSSR count). The van der Waals surface area contributed by atoms with Crippen molar-refractivity contribution >= 4 is 24.3 Å². The van der Waals surface area contributed by atoms with Gasteiger partial charge in [0.2, 0.25) is 5.91 Å². The predicted molar refractivity (Wildman–Crippen MR) is 67.3 cm³/mol. The van der Waals surface area contributed by atoms with Gasteiger partial charge < -0.3 is 10.4 Å². The van der Waals surface area contributed by atoms with E-state index in [0.29, 0.717) is 12.0 Å². The molecule has 5 nitrogen and oxygen atoms in total. The average molecular weight is 265 g/mol. The molecule has 100 valence electrons. The number of carbonyl (C=O) groups is 2. The van der Waals surface area contributed by atoms with Crippen molar-refractivity contribution < 1.29 is 14.7 Å². The zero-order valence-corrected chi connectivity index (χ0v) is 11.2. The van der Waals surface area contributed by atoms with Crippen molar-refractivity contribution in [3.8, 4) is 0 Å². The summed E-state index contributed by atoms with van der Waals surface area (Å²) < 4.78 is 0. The molecule has 1 aliphatic heterocycles. The third-order valence-corrected chi connectivity index (χ3v) is 3.01. The van der Waals surface area contributed by atoms with E-state index < -0.39 is 5.97 Å². The highest BCUT2D eigenvalue weighted by atomic mass is 35.5. The van der Waals surface area contributed by atoms with Crippen LogP contribution in [0.25, 0.3) is 0 Å². The molecule has 0 aromatic heterocycles. The first-order valence-corrected chi connectivity index (χ1v) is 5.60. The summed E-state index contributed by atoms with van der Waals surface area (Å²) in [5.74, 6) is -1.21. The van der Waals surface area contributed by atoms with Crippen molar-refractivity contribution in [1.29, 1.82) is 0 Å². The van der Waals surface area contributed by atoms with Crippen LogP contribution < -0.4 is 5.32 Å². The Labute approximate surface area is 108 Å². The van der Waals surface area contributed by atoms with Gasteiger partial charge in [-0.15, -0.1) is 12.4 Å². The molecule has 1 aliphatic rings. The number of amides is 1. The summed E-state index contributed by atoms with van der Waals surface area (Å²) in [6.07, 6.45) is 2.17. The van der Waals surface area contributed by atoms with E-state index in [2.05, 4.69) is 24.1 Å². The SMILES string of the molecule is CC1(C)CCN(CC(=O)NCC(=O)O)CC1.Cl. The number of hydrogen-bond donors (Lipinski definition) is 2. The Bertz CT molecular complexity index is 272. The average Bonchev–Trinajstić information content (AvgIpc) is 2.18. The molecule has 0 saturated carbocycles. The van der Waals surface area contributed by atoms with Crippen LogP contribution >= 0.6 is 12.4 Å². The first-order chi connectivity index (χ1) is 7.39. The van der Waals surface area contributed by atoms with Crippen LogP contribution in [0, 0.1) is 5.41 Å². The zero-order valence-electron chi connectivity index (χ0n) is 10.4. The molecule has 0 aliphatic carbocycles. The number of rotatable bonds is 4. The fraction of sp³-hybridized carbons (Fsp3) is 0.818. The van der Waals surface area contributed by atoms with Crippen LogP contribution in [0.5, 0.6) is 0 Å². The molecule has 0 unspecified atom stereocenters. The van der Waals surface area contributed by atoms with Crippen molar-refractivity contribution in [2.24, 2.45) is 5.41 Å². The highest BCUT2D eigenvalue weighted by Gasteiger charge is 2.26. The van der Waals surface area contributed by atoms with E-state index in [0.717, 1.165) is 25.9 Å². The molecule has 1 fully saturated rings. The van der Waals surface area contributed by atoms with E-state index >= 15 is 0 Å². The lowest BCUT2D eigenvalue weighted by Gasteiger charge is -2.36. The lowest BCUT2D eigenvalue weighted by Crippen LogP contribution is -2.44. The van der Waals surface area contributed by atoms with Gasteiger partial charge in [-0.25, -0.2) is 0 Å². The molecule has 1 amide bonds. The Kier molecular flexibility index (Phi) is 6.49. The number of carboxylic acids is 1. The van der Waals surface area contributed by atoms with Gasteiger partial charge in [-0.1, -0.05) is 13.8 Å². The lowest BCUT2D eigenvalue weighted by atomic mass is 9.83. The number of carboxylic acid groups (broad SMARTS) is 1. The Morgan fingerprint density at radius 2 is 1.82 bits per heavy atom. The van der Waals surface area contributed by atoms with Crippen molar-refractivity contribution in [2.75, 3.05) is 26.2 Å². The number of carbonyl (C=O) groups excluding carboxylic acids is 1. The molecule has 6 heteroatoms. The maximum Gasteiger partial charge on any atom is 0.322 e. The van der Waals surface area contributed by atoms with Crippen LogP contribution in [0.2, 0.25) is 0 Å². The molecule has 0 aromatic rings. The Hall–Kier alpha value is -0.810. The minimum absolute atomic E-state index is 0. The Morgan fingerprint density at radius 1 is 1.29 bits per heavy atom. The molecule has 0 spiro atoms. The molecule has 1 saturated heterocycles. The number of halogens is 1. The molecule has 0 radical (unpaired) electrons. The second-order valence-electron chi connectivity index (χ2n) is 5.11. The standard InChI is InChI=1S/C11H20N2O3.ClH/c1-11(2)3-5-13(6-4-11)8-9(14)12-7-10(15)16;/h3-8H2,1-2H3,(H,12,14)(H,15,16);1H. The molecule has 17 heavy (non-hydrogen) atoms. The van der Waals surface area contributed by atoms with Gasteiger partial charge >= 0.3 is 5.97 Å². The van der Waals surface area contributed by atoms with E-state index in [1.54, 1.807) is 0 Å². The largest absolute Gasteiger partial charge is 0.480 e. The molecular formula is C11H21ClN2O3. The maximum atomic E-state index is 11.4. The summed E-state index contributed by atoms with van der Waals surface area (Å²) in [6, 6.07) is 0. The van der Waals surface area contributed by atoms with Crippen LogP contribution in [0.4, 0.5) is 0 Å². The van der Waals surface area contributed by atoms with Gasteiger partial charge in [0, 0.05) is 0 Å². The quantitative estimate of drug-likeness (QED) is 0.786. The van der Waals surface area contributed by atoms with Crippen LogP contribution in [-0.2, 0) is 9.59 Å². The fourth-order valence-corrected chi connectivity index (χ4v) is 1.75. The number of hydrogen-bond acceptors (Lipinski definition) is 3. The topological polar surface area (TPSA) is 69.6 Å². The fourth-order valence-electron chi connectivity index (χ4n) is 1.75. The molecule has 2 N–H and O–H groups in total.